The Hall–Kier alpha value is -2.72. The molecule has 5 rings (SSSR count). The van der Waals surface area contributed by atoms with Crippen molar-refractivity contribution in [3.8, 4) is 22.8 Å². The van der Waals surface area contributed by atoms with Gasteiger partial charge in [-0.05, 0) is 69.6 Å². The molecule has 0 atom stereocenters. The van der Waals surface area contributed by atoms with E-state index in [-0.39, 0.29) is 36.6 Å². The number of hydrogen-bond donors (Lipinski definition) is 1. The smallest absolute Gasteiger partial charge is 0.258 e. The van der Waals surface area contributed by atoms with Crippen molar-refractivity contribution in [2.45, 2.75) is 39.3 Å². The van der Waals surface area contributed by atoms with Gasteiger partial charge in [0.25, 0.3) is 5.89 Å². The number of amides is 1. The fourth-order valence-corrected chi connectivity index (χ4v) is 5.02. The third kappa shape index (κ3) is 7.02. The minimum atomic E-state index is -0.176. The van der Waals surface area contributed by atoms with E-state index in [1.807, 2.05) is 30.5 Å². The molecule has 206 valence electrons. The molecule has 1 amide bonds. The normalized spacial score (nSPS) is 17.2. The first-order valence-corrected chi connectivity index (χ1v) is 12.9. The summed E-state index contributed by atoms with van der Waals surface area (Å²) in [6, 6.07) is 12.8. The molecule has 2 fully saturated rings. The largest absolute Gasteiger partial charge is 0.369 e. The predicted octanol–water partition coefficient (Wildman–Crippen LogP) is 3.87. The van der Waals surface area contributed by atoms with E-state index in [1.54, 1.807) is 0 Å². The number of likely N-dealkylation sites (tertiary alicyclic amines) is 1. The van der Waals surface area contributed by atoms with Crippen LogP contribution in [0.5, 0.6) is 0 Å². The highest BCUT2D eigenvalue weighted by Gasteiger charge is 2.23. The molecule has 0 aliphatic carbocycles. The van der Waals surface area contributed by atoms with Crippen molar-refractivity contribution in [1.82, 2.24) is 24.9 Å². The third-order valence-corrected chi connectivity index (χ3v) is 7.40. The molecule has 2 aromatic heterocycles. The summed E-state index contributed by atoms with van der Waals surface area (Å²) < 4.78 is 5.55. The number of benzene rings is 1. The maximum atomic E-state index is 11.4. The number of aromatic nitrogens is 3. The lowest BCUT2D eigenvalue weighted by Crippen LogP contribution is -2.49. The second-order valence-corrected chi connectivity index (χ2v) is 10.1. The maximum Gasteiger partial charge on any atom is 0.258 e. The number of carbonyl (C=O) groups excluding carboxylic acids is 1. The van der Waals surface area contributed by atoms with Crippen molar-refractivity contribution in [2.24, 2.45) is 11.7 Å². The number of primary amides is 1. The topological polar surface area (TPSA) is 105 Å². The van der Waals surface area contributed by atoms with Crippen molar-refractivity contribution in [2.75, 3.05) is 44.2 Å². The van der Waals surface area contributed by atoms with Gasteiger partial charge in [0.2, 0.25) is 11.7 Å². The summed E-state index contributed by atoms with van der Waals surface area (Å²) in [4.78, 5) is 27.8. The minimum Gasteiger partial charge on any atom is -0.369 e. The van der Waals surface area contributed by atoms with Crippen molar-refractivity contribution < 1.29 is 9.32 Å². The highest BCUT2D eigenvalue weighted by atomic mass is 35.5. The van der Waals surface area contributed by atoms with Gasteiger partial charge in [0.1, 0.15) is 5.82 Å². The van der Waals surface area contributed by atoms with E-state index in [2.05, 4.69) is 55.8 Å². The SMILES string of the molecule is CC(C)N1CCN(c2ccc(-c3noc(-c4ccc(CN5CCC(C(N)=O)CC5)cc4)n3)cn2)CC1.Cl.Cl. The van der Waals surface area contributed by atoms with Crippen LogP contribution in [-0.4, -0.2) is 76.1 Å². The summed E-state index contributed by atoms with van der Waals surface area (Å²) in [5.74, 6) is 1.86. The summed E-state index contributed by atoms with van der Waals surface area (Å²) in [6.45, 7) is 11.2. The average molecular weight is 563 g/mol. The van der Waals surface area contributed by atoms with E-state index in [1.165, 1.54) is 5.56 Å². The van der Waals surface area contributed by atoms with Gasteiger partial charge in [0.15, 0.2) is 0 Å². The summed E-state index contributed by atoms with van der Waals surface area (Å²) >= 11 is 0. The Labute approximate surface area is 236 Å². The van der Waals surface area contributed by atoms with Gasteiger partial charge in [-0.25, -0.2) is 4.98 Å². The molecule has 11 heteroatoms. The first kappa shape index (κ1) is 29.8. The Morgan fingerprint density at radius 2 is 1.63 bits per heavy atom. The lowest BCUT2D eigenvalue weighted by atomic mass is 9.96. The molecule has 2 N–H and O–H groups in total. The summed E-state index contributed by atoms with van der Waals surface area (Å²) in [6.07, 6.45) is 3.49. The van der Waals surface area contributed by atoms with E-state index in [4.69, 9.17) is 10.3 Å². The van der Waals surface area contributed by atoms with Crippen LogP contribution in [0.1, 0.15) is 32.3 Å². The van der Waals surface area contributed by atoms with Crippen molar-refractivity contribution in [3.05, 3.63) is 48.2 Å². The van der Waals surface area contributed by atoms with E-state index in [0.717, 1.165) is 75.6 Å². The first-order chi connectivity index (χ1) is 17.5. The number of nitrogens with zero attached hydrogens (tertiary/aromatic N) is 6. The molecule has 2 saturated heterocycles. The molecule has 38 heavy (non-hydrogen) atoms. The van der Waals surface area contributed by atoms with E-state index in [9.17, 15) is 4.79 Å². The fourth-order valence-electron chi connectivity index (χ4n) is 5.02. The Balaban J connectivity index is 0.00000200. The molecule has 2 aliphatic rings. The number of nitrogens with two attached hydrogens (primary N) is 1. The Bertz CT molecular complexity index is 1150. The van der Waals surface area contributed by atoms with Gasteiger partial charge in [0.05, 0.1) is 0 Å². The Morgan fingerprint density at radius 1 is 0.974 bits per heavy atom. The molecule has 2 aliphatic heterocycles. The van der Waals surface area contributed by atoms with Gasteiger partial charge in [-0.3, -0.25) is 14.6 Å². The number of hydrogen-bond acceptors (Lipinski definition) is 8. The molecule has 0 unspecified atom stereocenters. The van der Waals surface area contributed by atoms with E-state index < -0.39 is 0 Å². The van der Waals surface area contributed by atoms with Gasteiger partial charge in [-0.15, -0.1) is 24.8 Å². The highest BCUT2D eigenvalue weighted by Crippen LogP contribution is 2.25. The maximum absolute atomic E-state index is 11.4. The van der Waals surface area contributed by atoms with Crippen LogP contribution in [0.15, 0.2) is 47.1 Å². The van der Waals surface area contributed by atoms with Crippen LogP contribution in [0, 0.1) is 5.92 Å². The third-order valence-electron chi connectivity index (χ3n) is 7.40. The molecule has 0 saturated carbocycles. The number of anilines is 1. The van der Waals surface area contributed by atoms with Crippen LogP contribution < -0.4 is 10.6 Å². The number of carbonyl (C=O) groups is 1. The van der Waals surface area contributed by atoms with Gasteiger partial charge in [-0.2, -0.15) is 4.98 Å². The van der Waals surface area contributed by atoms with Crippen molar-refractivity contribution >= 4 is 36.5 Å². The van der Waals surface area contributed by atoms with E-state index >= 15 is 0 Å². The summed E-state index contributed by atoms with van der Waals surface area (Å²) in [5.41, 5.74) is 8.38. The van der Waals surface area contributed by atoms with Gasteiger partial charge >= 0.3 is 0 Å². The summed E-state index contributed by atoms with van der Waals surface area (Å²) in [7, 11) is 0. The van der Waals surface area contributed by atoms with Crippen LogP contribution in [0.4, 0.5) is 5.82 Å². The minimum absolute atomic E-state index is 0. The fraction of sp³-hybridized carbons (Fsp3) is 0.481. The Morgan fingerprint density at radius 3 is 2.21 bits per heavy atom. The molecule has 0 spiro atoms. The molecule has 0 bridgehead atoms. The van der Waals surface area contributed by atoms with Crippen LogP contribution >= 0.6 is 24.8 Å². The number of halogens is 2. The zero-order valence-electron chi connectivity index (χ0n) is 22.0. The van der Waals surface area contributed by atoms with Crippen LogP contribution in [0.25, 0.3) is 22.8 Å². The van der Waals surface area contributed by atoms with Crippen molar-refractivity contribution in [3.63, 3.8) is 0 Å². The number of piperidine rings is 1. The molecule has 9 nitrogen and oxygen atoms in total. The van der Waals surface area contributed by atoms with Crippen LogP contribution in [0.2, 0.25) is 0 Å². The zero-order chi connectivity index (χ0) is 25.1. The predicted molar refractivity (Wildman–Crippen MR) is 154 cm³/mol. The zero-order valence-corrected chi connectivity index (χ0v) is 23.6. The van der Waals surface area contributed by atoms with Crippen LogP contribution in [0.3, 0.4) is 0 Å². The van der Waals surface area contributed by atoms with Gasteiger partial charge in [-0.1, -0.05) is 17.3 Å². The first-order valence-electron chi connectivity index (χ1n) is 12.9. The molecular weight excluding hydrogens is 525 g/mol. The molecule has 3 aromatic rings. The second-order valence-electron chi connectivity index (χ2n) is 10.1. The molecule has 1 aromatic carbocycles. The van der Waals surface area contributed by atoms with Gasteiger partial charge in [0, 0.05) is 62.0 Å². The number of rotatable bonds is 7. The molecular formula is C27H37Cl2N7O2. The second kappa shape index (κ2) is 13.4. The Kier molecular flexibility index (Phi) is 10.5. The monoisotopic (exact) mass is 561 g/mol. The number of piperazine rings is 1. The molecule has 4 heterocycles. The van der Waals surface area contributed by atoms with Crippen molar-refractivity contribution in [1.29, 1.82) is 0 Å². The highest BCUT2D eigenvalue weighted by molar-refractivity contribution is 5.85. The standard InChI is InChI=1S/C27H35N7O2.2ClH/c1-19(2)33-13-15-34(16-14-33)24-8-7-23(17-29-24)26-30-27(36-31-26)22-5-3-20(4-6-22)18-32-11-9-21(10-12-32)25(28)35;;/h3-8,17,19,21H,9-16,18H2,1-2H3,(H2,28,35);2*1H. The average Bonchev–Trinajstić information content (AvgIpc) is 3.40. The number of pyridine rings is 1. The summed E-state index contributed by atoms with van der Waals surface area (Å²) in [5, 5.41) is 4.18. The van der Waals surface area contributed by atoms with E-state index in [0.29, 0.717) is 17.8 Å². The quantitative estimate of drug-likeness (QED) is 0.463. The van der Waals surface area contributed by atoms with Gasteiger partial charge < -0.3 is 15.2 Å². The lowest BCUT2D eigenvalue weighted by Gasteiger charge is -2.37. The molecule has 0 radical (unpaired) electrons. The van der Waals surface area contributed by atoms with Crippen LogP contribution in [-0.2, 0) is 11.3 Å². The lowest BCUT2D eigenvalue weighted by molar-refractivity contribution is -0.123.